The summed E-state index contributed by atoms with van der Waals surface area (Å²) in [7, 11) is 0. The number of nitrogens with zero attached hydrogens (tertiary/aromatic N) is 4. The lowest BCUT2D eigenvalue weighted by molar-refractivity contribution is 0.0979. The third-order valence-corrected chi connectivity index (χ3v) is 6.70. The molecule has 1 amide bonds. The maximum Gasteiger partial charge on any atom is 0.258 e. The molecule has 0 aliphatic heterocycles. The van der Waals surface area contributed by atoms with Gasteiger partial charge < -0.3 is 5.32 Å². The lowest BCUT2D eigenvalue weighted by atomic mass is 10.0. The molecule has 0 atom stereocenters. The Hall–Kier alpha value is -3.21. The van der Waals surface area contributed by atoms with Crippen molar-refractivity contribution in [3.05, 3.63) is 76.5 Å². The van der Waals surface area contributed by atoms with Crippen LogP contribution in [0.4, 0.5) is 5.69 Å². The first-order valence-electron chi connectivity index (χ1n) is 9.58. The van der Waals surface area contributed by atoms with Crippen molar-refractivity contribution in [1.82, 2.24) is 25.1 Å². The number of halogens is 1. The molecule has 158 valence electrons. The number of amides is 1. The smallest absolute Gasteiger partial charge is 0.258 e. The summed E-state index contributed by atoms with van der Waals surface area (Å²) in [6.45, 7) is 1.86. The third kappa shape index (κ3) is 3.88. The molecule has 32 heavy (non-hydrogen) atoms. The van der Waals surface area contributed by atoms with E-state index in [1.807, 2.05) is 61.5 Å². The fourth-order valence-electron chi connectivity index (χ4n) is 3.36. The zero-order valence-corrected chi connectivity index (χ0v) is 19.9. The highest BCUT2D eigenvalue weighted by Gasteiger charge is 2.14. The van der Waals surface area contributed by atoms with Gasteiger partial charge >= 0.3 is 0 Å². The Kier molecular flexibility index (Phi) is 5.41. The fourth-order valence-corrected chi connectivity index (χ4v) is 4.95. The quantitative estimate of drug-likeness (QED) is 0.316. The molecule has 2 N–H and O–H groups in total. The van der Waals surface area contributed by atoms with Gasteiger partial charge in [0, 0.05) is 21.3 Å². The average Bonchev–Trinajstić information content (AvgIpc) is 3.36. The van der Waals surface area contributed by atoms with Gasteiger partial charge in [0.25, 0.3) is 5.91 Å². The van der Waals surface area contributed by atoms with Crippen LogP contribution in [0.1, 0.15) is 16.2 Å². The van der Waals surface area contributed by atoms with Crippen molar-refractivity contribution in [3.63, 3.8) is 0 Å². The zero-order valence-electron chi connectivity index (χ0n) is 16.7. The Morgan fingerprint density at radius 2 is 1.84 bits per heavy atom. The number of thiocarbonyl (C=S) groups is 1. The molecule has 7 nitrogen and oxygen atoms in total. The van der Waals surface area contributed by atoms with E-state index in [0.29, 0.717) is 5.56 Å². The average molecular weight is 523 g/mol. The second-order valence-electron chi connectivity index (χ2n) is 6.98. The minimum absolute atomic E-state index is 0.216. The summed E-state index contributed by atoms with van der Waals surface area (Å²) in [6.07, 6.45) is 0. The van der Waals surface area contributed by atoms with Gasteiger partial charge in [0.15, 0.2) is 10.9 Å². The highest BCUT2D eigenvalue weighted by molar-refractivity contribution is 9.10. The van der Waals surface area contributed by atoms with Gasteiger partial charge in [0.2, 0.25) is 4.96 Å². The van der Waals surface area contributed by atoms with Gasteiger partial charge in [0.1, 0.15) is 5.01 Å². The Bertz CT molecular complexity index is 1510. The van der Waals surface area contributed by atoms with Crippen molar-refractivity contribution in [2.45, 2.75) is 6.92 Å². The zero-order chi connectivity index (χ0) is 22.2. The molecule has 10 heteroatoms. The van der Waals surface area contributed by atoms with Crippen LogP contribution in [0.25, 0.3) is 26.3 Å². The number of rotatable bonds is 3. The molecule has 0 fully saturated rings. The maximum absolute atomic E-state index is 12.9. The van der Waals surface area contributed by atoms with E-state index in [1.165, 1.54) is 11.3 Å². The van der Waals surface area contributed by atoms with Crippen LogP contribution in [0.5, 0.6) is 0 Å². The molecule has 0 radical (unpaired) electrons. The van der Waals surface area contributed by atoms with Gasteiger partial charge in [-0.1, -0.05) is 63.7 Å². The van der Waals surface area contributed by atoms with Gasteiger partial charge in [-0.15, -0.1) is 10.2 Å². The second kappa shape index (κ2) is 8.38. The Labute approximate surface area is 200 Å². The fraction of sp³-hybridized carbons (Fsp3) is 0.0455. The molecule has 0 unspecified atom stereocenters. The predicted molar refractivity (Wildman–Crippen MR) is 134 cm³/mol. The first-order valence-corrected chi connectivity index (χ1v) is 11.6. The highest BCUT2D eigenvalue weighted by atomic mass is 79.9. The van der Waals surface area contributed by atoms with E-state index in [9.17, 15) is 4.79 Å². The molecule has 2 heterocycles. The van der Waals surface area contributed by atoms with E-state index < -0.39 is 0 Å². The molecule has 5 aromatic rings. The Balaban J connectivity index is 1.34. The second-order valence-corrected chi connectivity index (χ2v) is 9.20. The lowest BCUT2D eigenvalue weighted by Crippen LogP contribution is -2.34. The molecule has 2 aromatic heterocycles. The molecule has 0 aliphatic rings. The van der Waals surface area contributed by atoms with Gasteiger partial charge in [-0.05, 0) is 54.2 Å². The van der Waals surface area contributed by atoms with Crippen LogP contribution in [0.2, 0.25) is 0 Å². The van der Waals surface area contributed by atoms with Gasteiger partial charge in [-0.25, -0.2) is 0 Å². The lowest BCUT2D eigenvalue weighted by Gasteiger charge is -2.12. The number of hydrogen-bond donors (Lipinski definition) is 2. The van der Waals surface area contributed by atoms with Crippen LogP contribution in [-0.2, 0) is 0 Å². The van der Waals surface area contributed by atoms with Gasteiger partial charge in [-0.2, -0.15) is 9.61 Å². The molecule has 0 saturated heterocycles. The Morgan fingerprint density at radius 3 is 2.69 bits per heavy atom. The van der Waals surface area contributed by atoms with Crippen molar-refractivity contribution in [3.8, 4) is 10.6 Å². The molecule has 0 aliphatic carbocycles. The van der Waals surface area contributed by atoms with E-state index in [2.05, 4.69) is 41.9 Å². The summed E-state index contributed by atoms with van der Waals surface area (Å²) in [5.41, 5.74) is 2.21. The summed E-state index contributed by atoms with van der Waals surface area (Å²) in [6, 6.07) is 19.0. The number of fused-ring (bicyclic) bond motifs is 2. The minimum atomic E-state index is -0.272. The largest absolute Gasteiger partial charge is 0.332 e. The van der Waals surface area contributed by atoms with E-state index in [0.717, 1.165) is 42.3 Å². The predicted octanol–water partition coefficient (Wildman–Crippen LogP) is 5.20. The normalized spacial score (nSPS) is 11.1. The van der Waals surface area contributed by atoms with E-state index in [1.54, 1.807) is 10.6 Å². The van der Waals surface area contributed by atoms with Crippen molar-refractivity contribution in [1.29, 1.82) is 0 Å². The summed E-state index contributed by atoms with van der Waals surface area (Å²) in [5, 5.41) is 21.4. The molecule has 0 saturated carbocycles. The van der Waals surface area contributed by atoms with Crippen LogP contribution in [0.3, 0.4) is 0 Å². The number of carbonyl (C=O) groups excluding carboxylic acids is 1. The SMILES string of the molecule is Cc1nnc2sc(-c3cccc(NC(=S)NC(=O)c4cccc5c(Br)cccc45)c3)nn12. The van der Waals surface area contributed by atoms with Gasteiger partial charge in [-0.3, -0.25) is 10.1 Å². The topological polar surface area (TPSA) is 84.2 Å². The summed E-state index contributed by atoms with van der Waals surface area (Å²) in [5.74, 6) is 0.465. The number of anilines is 1. The molecule has 0 spiro atoms. The van der Waals surface area contributed by atoms with E-state index in [-0.39, 0.29) is 11.0 Å². The molecule has 5 rings (SSSR count). The minimum Gasteiger partial charge on any atom is -0.332 e. The number of aromatic nitrogens is 4. The first kappa shape index (κ1) is 20.7. The molecular weight excluding hydrogens is 508 g/mol. The third-order valence-electron chi connectivity index (χ3n) is 4.85. The standard InChI is InChI=1S/C22H15BrN6OS2/c1-12-26-27-22-29(12)28-20(32-22)13-5-2-6-14(11-13)24-21(31)25-19(30)17-9-3-8-16-15(17)7-4-10-18(16)23/h2-11H,1H3,(H2,24,25,30,31). The van der Waals surface area contributed by atoms with Gasteiger partial charge in [0.05, 0.1) is 0 Å². The van der Waals surface area contributed by atoms with Crippen LogP contribution in [-0.4, -0.2) is 30.8 Å². The van der Waals surface area contributed by atoms with E-state index >= 15 is 0 Å². The van der Waals surface area contributed by atoms with E-state index in [4.69, 9.17) is 12.2 Å². The number of benzene rings is 3. The molecular formula is C22H15BrN6OS2. The van der Waals surface area contributed by atoms with Crippen LogP contribution in [0.15, 0.2) is 65.1 Å². The monoisotopic (exact) mass is 522 g/mol. The Morgan fingerprint density at radius 1 is 1.06 bits per heavy atom. The van der Waals surface area contributed by atoms with Crippen LogP contribution >= 0.6 is 39.5 Å². The van der Waals surface area contributed by atoms with Crippen LogP contribution < -0.4 is 10.6 Å². The van der Waals surface area contributed by atoms with Crippen molar-refractivity contribution >= 4 is 71.9 Å². The number of aryl methyl sites for hydroxylation is 1. The first-order chi connectivity index (χ1) is 15.5. The van der Waals surface area contributed by atoms with Crippen molar-refractivity contribution < 1.29 is 4.79 Å². The van der Waals surface area contributed by atoms with Crippen LogP contribution in [0, 0.1) is 6.92 Å². The highest BCUT2D eigenvalue weighted by Crippen LogP contribution is 2.28. The molecule has 3 aromatic carbocycles. The summed E-state index contributed by atoms with van der Waals surface area (Å²) in [4.78, 5) is 13.6. The maximum atomic E-state index is 12.9. The molecule has 0 bridgehead atoms. The number of hydrogen-bond acceptors (Lipinski definition) is 6. The van der Waals surface area contributed by atoms with Crippen molar-refractivity contribution in [2.75, 3.05) is 5.32 Å². The number of nitrogens with one attached hydrogen (secondary N) is 2. The summed E-state index contributed by atoms with van der Waals surface area (Å²) >= 11 is 10.4. The number of carbonyl (C=O) groups is 1. The summed E-state index contributed by atoms with van der Waals surface area (Å²) < 4.78 is 2.65. The van der Waals surface area contributed by atoms with Crippen molar-refractivity contribution in [2.24, 2.45) is 0 Å².